The van der Waals surface area contributed by atoms with E-state index >= 15 is 0 Å². The van der Waals surface area contributed by atoms with E-state index in [0.717, 1.165) is 16.4 Å². The van der Waals surface area contributed by atoms with Crippen LogP contribution >= 0.6 is 11.8 Å². The van der Waals surface area contributed by atoms with Crippen molar-refractivity contribution < 1.29 is 4.79 Å². The van der Waals surface area contributed by atoms with Gasteiger partial charge in [0.15, 0.2) is 5.16 Å². The molecule has 0 saturated heterocycles. The third-order valence-corrected chi connectivity index (χ3v) is 3.55. The molecule has 0 radical (unpaired) electrons. The average molecular weight is 261 g/mol. The lowest BCUT2D eigenvalue weighted by atomic mass is 10.2. The van der Waals surface area contributed by atoms with Crippen molar-refractivity contribution in [2.24, 2.45) is 0 Å². The minimum atomic E-state index is -0.198. The number of amides is 1. The molecule has 2 aromatic rings. The lowest BCUT2D eigenvalue weighted by Crippen LogP contribution is -2.22. The van der Waals surface area contributed by atoms with E-state index in [-0.39, 0.29) is 11.2 Å². The molecule has 2 rings (SSSR count). The van der Waals surface area contributed by atoms with Crippen molar-refractivity contribution in [2.45, 2.75) is 24.3 Å². The first-order valence-corrected chi connectivity index (χ1v) is 6.57. The van der Waals surface area contributed by atoms with E-state index in [1.165, 1.54) is 11.8 Å². The Morgan fingerprint density at radius 3 is 2.89 bits per heavy atom. The topological polar surface area (TPSA) is 57.8 Å². The van der Waals surface area contributed by atoms with E-state index < -0.39 is 0 Å². The van der Waals surface area contributed by atoms with Gasteiger partial charge in [-0.15, -0.1) is 0 Å². The SMILES string of the molecule is Cc1ccccc1NC(=O)C(C)Sc1ncc[nH]1. The Hall–Kier alpha value is -1.75. The Bertz CT molecular complexity index is 525. The second-order valence-corrected chi connectivity index (χ2v) is 5.29. The van der Waals surface area contributed by atoms with Crippen molar-refractivity contribution >= 4 is 23.4 Å². The molecule has 0 aliphatic rings. The summed E-state index contributed by atoms with van der Waals surface area (Å²) in [5.74, 6) is -0.0225. The number of carbonyl (C=O) groups is 1. The van der Waals surface area contributed by atoms with Gasteiger partial charge < -0.3 is 10.3 Å². The van der Waals surface area contributed by atoms with Gasteiger partial charge in [0, 0.05) is 18.1 Å². The van der Waals surface area contributed by atoms with Crippen LogP contribution in [-0.2, 0) is 4.79 Å². The number of carbonyl (C=O) groups excluding carboxylic acids is 1. The molecular weight excluding hydrogens is 246 g/mol. The number of nitrogens with one attached hydrogen (secondary N) is 2. The molecule has 0 saturated carbocycles. The second-order valence-electron chi connectivity index (χ2n) is 3.96. The maximum atomic E-state index is 12.0. The summed E-state index contributed by atoms with van der Waals surface area (Å²) < 4.78 is 0. The summed E-state index contributed by atoms with van der Waals surface area (Å²) in [5.41, 5.74) is 1.91. The van der Waals surface area contributed by atoms with Crippen LogP contribution in [0.25, 0.3) is 0 Å². The third-order valence-electron chi connectivity index (χ3n) is 2.53. The molecule has 2 N–H and O–H groups in total. The molecular formula is C13H15N3OS. The molecule has 18 heavy (non-hydrogen) atoms. The molecule has 1 aromatic carbocycles. The van der Waals surface area contributed by atoms with Gasteiger partial charge in [0.05, 0.1) is 5.25 Å². The van der Waals surface area contributed by atoms with Crippen molar-refractivity contribution in [2.75, 3.05) is 5.32 Å². The van der Waals surface area contributed by atoms with Crippen LogP contribution in [0.2, 0.25) is 0 Å². The number of aromatic nitrogens is 2. The van der Waals surface area contributed by atoms with E-state index in [1.54, 1.807) is 12.4 Å². The van der Waals surface area contributed by atoms with Crippen molar-refractivity contribution in [1.82, 2.24) is 9.97 Å². The average Bonchev–Trinajstić information content (AvgIpc) is 2.84. The molecule has 1 amide bonds. The predicted octanol–water partition coefficient (Wildman–Crippen LogP) is 2.84. The zero-order valence-corrected chi connectivity index (χ0v) is 11.1. The maximum Gasteiger partial charge on any atom is 0.237 e. The summed E-state index contributed by atoms with van der Waals surface area (Å²) in [4.78, 5) is 19.1. The minimum Gasteiger partial charge on any atom is -0.340 e. The molecule has 1 aromatic heterocycles. The number of anilines is 1. The number of H-pyrrole nitrogens is 1. The number of aryl methyl sites for hydroxylation is 1. The molecule has 1 atom stereocenters. The zero-order chi connectivity index (χ0) is 13.0. The third kappa shape index (κ3) is 3.13. The zero-order valence-electron chi connectivity index (χ0n) is 10.3. The van der Waals surface area contributed by atoms with Crippen LogP contribution in [0.4, 0.5) is 5.69 Å². The second kappa shape index (κ2) is 5.73. The Morgan fingerprint density at radius 2 is 2.22 bits per heavy atom. The van der Waals surface area contributed by atoms with E-state index in [1.807, 2.05) is 38.1 Å². The fraction of sp³-hybridized carbons (Fsp3) is 0.231. The number of benzene rings is 1. The lowest BCUT2D eigenvalue weighted by Gasteiger charge is -2.12. The van der Waals surface area contributed by atoms with Crippen LogP contribution in [0.1, 0.15) is 12.5 Å². The summed E-state index contributed by atoms with van der Waals surface area (Å²) >= 11 is 1.40. The Balaban J connectivity index is 1.98. The lowest BCUT2D eigenvalue weighted by molar-refractivity contribution is -0.115. The van der Waals surface area contributed by atoms with Crippen LogP contribution in [0.5, 0.6) is 0 Å². The standard InChI is InChI=1S/C13H15N3OS/c1-9-5-3-4-6-11(9)16-12(17)10(2)18-13-14-7-8-15-13/h3-8,10H,1-2H3,(H,14,15)(H,16,17). The Labute approximate surface area is 110 Å². The number of rotatable bonds is 4. The predicted molar refractivity (Wildman–Crippen MR) is 73.7 cm³/mol. The molecule has 0 fully saturated rings. The van der Waals surface area contributed by atoms with E-state index in [9.17, 15) is 4.79 Å². The van der Waals surface area contributed by atoms with Crippen molar-refractivity contribution in [3.63, 3.8) is 0 Å². The number of thioether (sulfide) groups is 1. The van der Waals surface area contributed by atoms with Gasteiger partial charge in [0.1, 0.15) is 0 Å². The smallest absolute Gasteiger partial charge is 0.237 e. The van der Waals surface area contributed by atoms with Gasteiger partial charge in [-0.3, -0.25) is 4.79 Å². The van der Waals surface area contributed by atoms with Gasteiger partial charge in [-0.05, 0) is 25.5 Å². The molecule has 5 heteroatoms. The van der Waals surface area contributed by atoms with Crippen molar-refractivity contribution in [1.29, 1.82) is 0 Å². The van der Waals surface area contributed by atoms with Crippen molar-refractivity contribution in [3.8, 4) is 0 Å². The van der Waals surface area contributed by atoms with E-state index in [0.29, 0.717) is 0 Å². The number of imidazole rings is 1. The molecule has 0 aliphatic carbocycles. The van der Waals surface area contributed by atoms with Crippen LogP contribution in [0, 0.1) is 6.92 Å². The molecule has 4 nitrogen and oxygen atoms in total. The molecule has 1 unspecified atom stereocenters. The summed E-state index contributed by atoms with van der Waals surface area (Å²) in [7, 11) is 0. The first-order chi connectivity index (χ1) is 8.66. The fourth-order valence-corrected chi connectivity index (χ4v) is 2.24. The summed E-state index contributed by atoms with van der Waals surface area (Å²) in [5, 5.41) is 3.47. The number of para-hydroxylation sites is 1. The molecule has 94 valence electrons. The van der Waals surface area contributed by atoms with E-state index in [4.69, 9.17) is 0 Å². The first-order valence-electron chi connectivity index (χ1n) is 5.69. The van der Waals surface area contributed by atoms with Crippen LogP contribution in [-0.4, -0.2) is 21.1 Å². The van der Waals surface area contributed by atoms with Crippen LogP contribution in [0.15, 0.2) is 41.8 Å². The number of hydrogen-bond donors (Lipinski definition) is 2. The number of hydrogen-bond acceptors (Lipinski definition) is 3. The highest BCUT2D eigenvalue weighted by Crippen LogP contribution is 2.21. The van der Waals surface area contributed by atoms with Crippen LogP contribution in [0.3, 0.4) is 0 Å². The molecule has 1 heterocycles. The van der Waals surface area contributed by atoms with Gasteiger partial charge in [0.25, 0.3) is 0 Å². The minimum absolute atomic E-state index is 0.0225. The normalized spacial score (nSPS) is 12.1. The maximum absolute atomic E-state index is 12.0. The molecule has 0 spiro atoms. The highest BCUT2D eigenvalue weighted by atomic mass is 32.2. The van der Waals surface area contributed by atoms with Gasteiger partial charge in [-0.1, -0.05) is 30.0 Å². The monoisotopic (exact) mass is 261 g/mol. The first kappa shape index (κ1) is 12.7. The van der Waals surface area contributed by atoms with Gasteiger partial charge in [-0.2, -0.15) is 0 Å². The fourth-order valence-electron chi connectivity index (χ4n) is 1.48. The molecule has 0 aliphatic heterocycles. The summed E-state index contributed by atoms with van der Waals surface area (Å²) in [6.07, 6.45) is 3.42. The van der Waals surface area contributed by atoms with Gasteiger partial charge in [0.2, 0.25) is 5.91 Å². The van der Waals surface area contributed by atoms with Gasteiger partial charge in [-0.25, -0.2) is 4.98 Å². The Kier molecular flexibility index (Phi) is 4.04. The largest absolute Gasteiger partial charge is 0.340 e. The van der Waals surface area contributed by atoms with Gasteiger partial charge >= 0.3 is 0 Å². The quantitative estimate of drug-likeness (QED) is 0.832. The summed E-state index contributed by atoms with van der Waals surface area (Å²) in [6.45, 7) is 3.83. The summed E-state index contributed by atoms with van der Waals surface area (Å²) in [6, 6.07) is 7.73. The number of nitrogens with zero attached hydrogens (tertiary/aromatic N) is 1. The van der Waals surface area contributed by atoms with E-state index in [2.05, 4.69) is 15.3 Å². The number of aromatic amines is 1. The highest BCUT2D eigenvalue weighted by molar-refractivity contribution is 8.00. The van der Waals surface area contributed by atoms with Crippen molar-refractivity contribution in [3.05, 3.63) is 42.2 Å². The van der Waals surface area contributed by atoms with Crippen LogP contribution < -0.4 is 5.32 Å². The molecule has 0 bridgehead atoms. The Morgan fingerprint density at radius 1 is 1.44 bits per heavy atom. The highest BCUT2D eigenvalue weighted by Gasteiger charge is 2.16.